The van der Waals surface area contributed by atoms with Gasteiger partial charge in [0.15, 0.2) is 0 Å². The standard InChI is InChI=1S/C16H22N2O3/c1-12-4-6-13(7-5-12)18(10-14(19)20)15(21)17-9-8-16(2,3)11-17/h4-7H,8-11H2,1-3H3,(H,19,20). The number of hydrogen-bond acceptors (Lipinski definition) is 2. The van der Waals surface area contributed by atoms with Gasteiger partial charge in [0.2, 0.25) is 0 Å². The minimum absolute atomic E-state index is 0.0951. The second-order valence-corrected chi connectivity index (χ2v) is 6.43. The number of aliphatic carboxylic acids is 1. The topological polar surface area (TPSA) is 60.9 Å². The van der Waals surface area contributed by atoms with E-state index in [2.05, 4.69) is 13.8 Å². The number of urea groups is 1. The molecule has 0 unspecified atom stereocenters. The molecular weight excluding hydrogens is 268 g/mol. The Bertz CT molecular complexity index is 537. The maximum atomic E-state index is 12.6. The average molecular weight is 290 g/mol. The van der Waals surface area contributed by atoms with Gasteiger partial charge < -0.3 is 10.0 Å². The molecule has 1 aliphatic heterocycles. The lowest BCUT2D eigenvalue weighted by Crippen LogP contribution is -2.45. The van der Waals surface area contributed by atoms with Gasteiger partial charge in [-0.15, -0.1) is 0 Å². The largest absolute Gasteiger partial charge is 0.480 e. The molecule has 114 valence electrons. The maximum Gasteiger partial charge on any atom is 0.325 e. The van der Waals surface area contributed by atoms with Crippen LogP contribution in [0.15, 0.2) is 24.3 Å². The number of hydrogen-bond donors (Lipinski definition) is 1. The highest BCUT2D eigenvalue weighted by atomic mass is 16.4. The molecule has 2 rings (SSSR count). The molecule has 1 aliphatic rings. The van der Waals surface area contributed by atoms with Crippen LogP contribution < -0.4 is 4.90 Å². The molecule has 1 N–H and O–H groups in total. The lowest BCUT2D eigenvalue weighted by molar-refractivity contribution is -0.135. The number of amides is 2. The van der Waals surface area contributed by atoms with Gasteiger partial charge in [0.25, 0.3) is 0 Å². The lowest BCUT2D eigenvalue weighted by atomic mass is 9.93. The Hall–Kier alpha value is -2.04. The van der Waals surface area contributed by atoms with Crippen LogP contribution in [0, 0.1) is 12.3 Å². The van der Waals surface area contributed by atoms with Gasteiger partial charge >= 0.3 is 12.0 Å². The van der Waals surface area contributed by atoms with Crippen molar-refractivity contribution in [3.8, 4) is 0 Å². The fraction of sp³-hybridized carbons (Fsp3) is 0.500. The number of carboxylic acids is 1. The Balaban J connectivity index is 2.21. The van der Waals surface area contributed by atoms with Gasteiger partial charge in [-0.05, 0) is 30.9 Å². The minimum atomic E-state index is -1.01. The number of anilines is 1. The van der Waals surface area contributed by atoms with Crippen LogP contribution in [0.5, 0.6) is 0 Å². The number of aryl methyl sites for hydroxylation is 1. The zero-order valence-corrected chi connectivity index (χ0v) is 12.8. The first-order valence-corrected chi connectivity index (χ1v) is 7.13. The van der Waals surface area contributed by atoms with Crippen LogP contribution in [0.3, 0.4) is 0 Å². The highest BCUT2D eigenvalue weighted by Gasteiger charge is 2.35. The first kappa shape index (κ1) is 15.4. The molecule has 2 amide bonds. The number of likely N-dealkylation sites (tertiary alicyclic amines) is 1. The summed E-state index contributed by atoms with van der Waals surface area (Å²) in [5, 5.41) is 9.08. The van der Waals surface area contributed by atoms with Gasteiger partial charge in [0.05, 0.1) is 0 Å². The molecule has 0 aromatic heterocycles. The van der Waals surface area contributed by atoms with Crippen molar-refractivity contribution in [2.75, 3.05) is 24.5 Å². The van der Waals surface area contributed by atoms with Crippen molar-refractivity contribution in [1.29, 1.82) is 0 Å². The van der Waals surface area contributed by atoms with Crippen molar-refractivity contribution >= 4 is 17.7 Å². The summed E-state index contributed by atoms with van der Waals surface area (Å²) in [5.41, 5.74) is 1.79. The van der Waals surface area contributed by atoms with E-state index in [0.717, 1.165) is 12.0 Å². The van der Waals surface area contributed by atoms with E-state index in [1.165, 1.54) is 4.90 Å². The molecular formula is C16H22N2O3. The maximum absolute atomic E-state index is 12.6. The first-order chi connectivity index (χ1) is 9.78. The van der Waals surface area contributed by atoms with E-state index in [-0.39, 0.29) is 18.0 Å². The van der Waals surface area contributed by atoms with Crippen molar-refractivity contribution in [3.63, 3.8) is 0 Å². The number of rotatable bonds is 3. The molecule has 0 saturated carbocycles. The molecule has 5 nitrogen and oxygen atoms in total. The van der Waals surface area contributed by atoms with Crippen LogP contribution in [0.4, 0.5) is 10.5 Å². The molecule has 1 fully saturated rings. The van der Waals surface area contributed by atoms with E-state index < -0.39 is 5.97 Å². The smallest absolute Gasteiger partial charge is 0.325 e. The molecule has 0 radical (unpaired) electrons. The number of benzene rings is 1. The van der Waals surface area contributed by atoms with E-state index in [0.29, 0.717) is 18.8 Å². The number of nitrogens with zero attached hydrogens (tertiary/aromatic N) is 2. The second-order valence-electron chi connectivity index (χ2n) is 6.43. The Morgan fingerprint density at radius 3 is 2.38 bits per heavy atom. The Morgan fingerprint density at radius 2 is 1.90 bits per heavy atom. The summed E-state index contributed by atoms with van der Waals surface area (Å²) in [6, 6.07) is 7.11. The third-order valence-electron chi connectivity index (χ3n) is 3.82. The Labute approximate surface area is 125 Å². The third kappa shape index (κ3) is 3.74. The Morgan fingerprint density at radius 1 is 1.29 bits per heavy atom. The number of carbonyl (C=O) groups excluding carboxylic acids is 1. The molecule has 5 heteroatoms. The van der Waals surface area contributed by atoms with Gasteiger partial charge in [-0.1, -0.05) is 31.5 Å². The van der Waals surface area contributed by atoms with Crippen molar-refractivity contribution in [3.05, 3.63) is 29.8 Å². The van der Waals surface area contributed by atoms with Crippen molar-refractivity contribution < 1.29 is 14.7 Å². The lowest BCUT2D eigenvalue weighted by Gasteiger charge is -2.28. The van der Waals surface area contributed by atoms with Gasteiger partial charge in [0.1, 0.15) is 6.54 Å². The first-order valence-electron chi connectivity index (χ1n) is 7.13. The van der Waals surface area contributed by atoms with Crippen LogP contribution in [-0.2, 0) is 4.79 Å². The number of carbonyl (C=O) groups is 2. The second kappa shape index (κ2) is 5.76. The predicted octanol–water partition coefficient (Wildman–Crippen LogP) is 2.74. The summed E-state index contributed by atoms with van der Waals surface area (Å²) in [5.74, 6) is -1.01. The minimum Gasteiger partial charge on any atom is -0.480 e. The average Bonchev–Trinajstić information content (AvgIpc) is 2.76. The predicted molar refractivity (Wildman–Crippen MR) is 81.5 cm³/mol. The van der Waals surface area contributed by atoms with Crippen LogP contribution in [0.25, 0.3) is 0 Å². The van der Waals surface area contributed by atoms with E-state index in [9.17, 15) is 9.59 Å². The van der Waals surface area contributed by atoms with E-state index >= 15 is 0 Å². The van der Waals surface area contributed by atoms with Gasteiger partial charge in [-0.3, -0.25) is 9.69 Å². The molecule has 0 aliphatic carbocycles. The molecule has 0 atom stereocenters. The van der Waals surface area contributed by atoms with Crippen molar-refractivity contribution in [2.24, 2.45) is 5.41 Å². The molecule has 21 heavy (non-hydrogen) atoms. The van der Waals surface area contributed by atoms with Crippen LogP contribution in [-0.4, -0.2) is 41.6 Å². The summed E-state index contributed by atoms with van der Waals surface area (Å²) >= 11 is 0. The van der Waals surface area contributed by atoms with Crippen LogP contribution in [0.1, 0.15) is 25.8 Å². The fourth-order valence-electron chi connectivity index (χ4n) is 2.58. The zero-order valence-electron chi connectivity index (χ0n) is 12.8. The summed E-state index contributed by atoms with van der Waals surface area (Å²) in [6.45, 7) is 7.21. The molecule has 1 aromatic carbocycles. The molecule has 0 spiro atoms. The highest BCUT2D eigenvalue weighted by molar-refractivity contribution is 5.96. The number of carboxylic acid groups (broad SMARTS) is 1. The molecule has 0 bridgehead atoms. The molecule has 1 heterocycles. The summed E-state index contributed by atoms with van der Waals surface area (Å²) in [4.78, 5) is 26.8. The fourth-order valence-corrected chi connectivity index (χ4v) is 2.58. The summed E-state index contributed by atoms with van der Waals surface area (Å²) in [6.07, 6.45) is 0.938. The Kier molecular flexibility index (Phi) is 4.21. The van der Waals surface area contributed by atoms with Gasteiger partial charge in [0, 0.05) is 18.8 Å². The highest BCUT2D eigenvalue weighted by Crippen LogP contribution is 2.30. The monoisotopic (exact) mass is 290 g/mol. The van der Waals surface area contributed by atoms with Crippen LogP contribution in [0.2, 0.25) is 0 Å². The third-order valence-corrected chi connectivity index (χ3v) is 3.82. The van der Waals surface area contributed by atoms with E-state index in [1.807, 2.05) is 19.1 Å². The van der Waals surface area contributed by atoms with Crippen LogP contribution >= 0.6 is 0 Å². The van der Waals surface area contributed by atoms with Gasteiger partial charge in [-0.2, -0.15) is 0 Å². The van der Waals surface area contributed by atoms with Crippen molar-refractivity contribution in [1.82, 2.24) is 4.90 Å². The van der Waals surface area contributed by atoms with Crippen molar-refractivity contribution in [2.45, 2.75) is 27.2 Å². The van der Waals surface area contributed by atoms with E-state index in [1.54, 1.807) is 17.0 Å². The SMILES string of the molecule is Cc1ccc(N(CC(=O)O)C(=O)N2CCC(C)(C)C2)cc1. The quantitative estimate of drug-likeness (QED) is 0.931. The molecule has 1 aromatic rings. The van der Waals surface area contributed by atoms with E-state index in [4.69, 9.17) is 5.11 Å². The van der Waals surface area contributed by atoms with Gasteiger partial charge in [-0.25, -0.2) is 4.79 Å². The summed E-state index contributed by atoms with van der Waals surface area (Å²) in [7, 11) is 0. The molecule has 1 saturated heterocycles. The summed E-state index contributed by atoms with van der Waals surface area (Å²) < 4.78 is 0. The normalized spacial score (nSPS) is 16.8. The zero-order chi connectivity index (χ0) is 15.6.